The van der Waals surface area contributed by atoms with Gasteiger partial charge in [0.2, 0.25) is 0 Å². The third-order valence-electron chi connectivity index (χ3n) is 3.79. The lowest BCUT2D eigenvalue weighted by Gasteiger charge is -2.26. The lowest BCUT2D eigenvalue weighted by molar-refractivity contribution is 0.0849. The Hall–Kier alpha value is -2.49. The van der Waals surface area contributed by atoms with Gasteiger partial charge < -0.3 is 14.8 Å². The SMILES string of the molecule is CNC(=O)c1ccccc1CC[C@@H]1COc2ccccc2O1. The lowest BCUT2D eigenvalue weighted by atomic mass is 10.0. The van der Waals surface area contributed by atoms with Crippen LogP contribution < -0.4 is 14.8 Å². The predicted octanol–water partition coefficient (Wildman–Crippen LogP) is 2.82. The minimum atomic E-state index is -0.0539. The molecule has 0 bridgehead atoms. The summed E-state index contributed by atoms with van der Waals surface area (Å²) in [6.07, 6.45) is 1.59. The zero-order valence-corrected chi connectivity index (χ0v) is 12.5. The van der Waals surface area contributed by atoms with Gasteiger partial charge in [0.1, 0.15) is 12.7 Å². The molecule has 1 aliphatic rings. The van der Waals surface area contributed by atoms with Gasteiger partial charge in [-0.15, -0.1) is 0 Å². The highest BCUT2D eigenvalue weighted by Gasteiger charge is 2.21. The Kier molecular flexibility index (Phi) is 4.28. The van der Waals surface area contributed by atoms with E-state index in [0.29, 0.717) is 6.61 Å². The molecule has 3 rings (SSSR count). The third-order valence-corrected chi connectivity index (χ3v) is 3.79. The molecule has 0 fully saturated rings. The van der Waals surface area contributed by atoms with Crippen molar-refractivity contribution < 1.29 is 14.3 Å². The largest absolute Gasteiger partial charge is 0.486 e. The summed E-state index contributed by atoms with van der Waals surface area (Å²) in [6.45, 7) is 0.541. The zero-order valence-electron chi connectivity index (χ0n) is 12.5. The van der Waals surface area contributed by atoms with Crippen molar-refractivity contribution >= 4 is 5.91 Å². The van der Waals surface area contributed by atoms with Crippen LogP contribution in [0.2, 0.25) is 0 Å². The van der Waals surface area contributed by atoms with Gasteiger partial charge in [0.15, 0.2) is 11.5 Å². The molecule has 2 aromatic carbocycles. The van der Waals surface area contributed by atoms with Crippen molar-refractivity contribution in [2.24, 2.45) is 0 Å². The molecule has 0 saturated heterocycles. The Bertz CT molecular complexity index is 669. The number of aryl methyl sites for hydroxylation is 1. The van der Waals surface area contributed by atoms with Gasteiger partial charge in [-0.2, -0.15) is 0 Å². The molecule has 1 amide bonds. The molecule has 0 unspecified atom stereocenters. The summed E-state index contributed by atoms with van der Waals surface area (Å²) in [5, 5.41) is 2.68. The molecule has 1 aliphatic heterocycles. The van der Waals surface area contributed by atoms with Crippen LogP contribution in [-0.4, -0.2) is 25.7 Å². The van der Waals surface area contributed by atoms with Crippen LogP contribution in [0.15, 0.2) is 48.5 Å². The fourth-order valence-electron chi connectivity index (χ4n) is 2.62. The van der Waals surface area contributed by atoms with Gasteiger partial charge in [-0.3, -0.25) is 4.79 Å². The number of hydrogen-bond acceptors (Lipinski definition) is 3. The maximum Gasteiger partial charge on any atom is 0.251 e. The van der Waals surface area contributed by atoms with Gasteiger partial charge in [-0.05, 0) is 36.6 Å². The molecule has 1 heterocycles. The van der Waals surface area contributed by atoms with Gasteiger partial charge in [0.05, 0.1) is 0 Å². The first-order chi connectivity index (χ1) is 10.8. The number of carbonyl (C=O) groups is 1. The van der Waals surface area contributed by atoms with Crippen LogP contribution >= 0.6 is 0 Å². The number of benzene rings is 2. The van der Waals surface area contributed by atoms with Crippen molar-refractivity contribution in [3.05, 3.63) is 59.7 Å². The van der Waals surface area contributed by atoms with Crippen molar-refractivity contribution in [2.75, 3.05) is 13.7 Å². The molecule has 22 heavy (non-hydrogen) atoms. The molecular weight excluding hydrogens is 278 g/mol. The normalized spacial score (nSPS) is 16.1. The number of ether oxygens (including phenoxy) is 2. The monoisotopic (exact) mass is 297 g/mol. The first-order valence-electron chi connectivity index (χ1n) is 7.46. The Labute approximate surface area is 130 Å². The van der Waals surface area contributed by atoms with E-state index in [1.54, 1.807) is 7.05 Å². The summed E-state index contributed by atoms with van der Waals surface area (Å²) < 4.78 is 11.7. The summed E-state index contributed by atoms with van der Waals surface area (Å²) in [5.74, 6) is 1.53. The molecule has 0 aromatic heterocycles. The first kappa shape index (κ1) is 14.4. The van der Waals surface area contributed by atoms with Crippen molar-refractivity contribution in [3.63, 3.8) is 0 Å². The van der Waals surface area contributed by atoms with E-state index in [0.717, 1.165) is 35.5 Å². The number of nitrogens with one attached hydrogen (secondary N) is 1. The van der Waals surface area contributed by atoms with E-state index in [1.165, 1.54) is 0 Å². The van der Waals surface area contributed by atoms with Crippen LogP contribution in [0.4, 0.5) is 0 Å². The van der Waals surface area contributed by atoms with Crippen LogP contribution in [0.1, 0.15) is 22.3 Å². The number of fused-ring (bicyclic) bond motifs is 1. The first-order valence-corrected chi connectivity index (χ1v) is 7.46. The van der Waals surface area contributed by atoms with Gasteiger partial charge in [0, 0.05) is 12.6 Å². The molecule has 4 nitrogen and oxygen atoms in total. The van der Waals surface area contributed by atoms with Crippen molar-refractivity contribution in [2.45, 2.75) is 18.9 Å². The second-order valence-electron chi connectivity index (χ2n) is 5.27. The van der Waals surface area contributed by atoms with Crippen LogP contribution in [0.3, 0.4) is 0 Å². The Balaban J connectivity index is 1.66. The molecule has 114 valence electrons. The molecule has 0 spiro atoms. The fourth-order valence-corrected chi connectivity index (χ4v) is 2.62. The van der Waals surface area contributed by atoms with E-state index in [9.17, 15) is 4.79 Å². The van der Waals surface area contributed by atoms with Crippen molar-refractivity contribution in [3.8, 4) is 11.5 Å². The quantitative estimate of drug-likeness (QED) is 0.944. The Morgan fingerprint density at radius 1 is 1.14 bits per heavy atom. The lowest BCUT2D eigenvalue weighted by Crippen LogP contribution is -2.29. The number of amides is 1. The average molecular weight is 297 g/mol. The van der Waals surface area contributed by atoms with Crippen molar-refractivity contribution in [1.82, 2.24) is 5.32 Å². The summed E-state index contributed by atoms with van der Waals surface area (Å²) in [7, 11) is 1.65. The van der Waals surface area contributed by atoms with E-state index in [-0.39, 0.29) is 12.0 Å². The highest BCUT2D eigenvalue weighted by molar-refractivity contribution is 5.95. The highest BCUT2D eigenvalue weighted by Crippen LogP contribution is 2.31. The highest BCUT2D eigenvalue weighted by atomic mass is 16.6. The topological polar surface area (TPSA) is 47.6 Å². The minimum absolute atomic E-state index is 0.00708. The standard InChI is InChI=1S/C18H19NO3/c1-19-18(20)15-7-3-2-6-13(15)10-11-14-12-21-16-8-4-5-9-17(16)22-14/h2-9,14H,10-12H2,1H3,(H,19,20)/t14-/m1/s1. The predicted molar refractivity (Wildman–Crippen MR) is 84.5 cm³/mol. The summed E-state index contributed by atoms with van der Waals surface area (Å²) in [4.78, 5) is 11.9. The number of hydrogen-bond donors (Lipinski definition) is 1. The van der Waals surface area contributed by atoms with E-state index in [4.69, 9.17) is 9.47 Å². The number of para-hydroxylation sites is 2. The van der Waals surface area contributed by atoms with Crippen molar-refractivity contribution in [1.29, 1.82) is 0 Å². The van der Waals surface area contributed by atoms with Crippen LogP contribution in [0.25, 0.3) is 0 Å². The summed E-state index contributed by atoms with van der Waals surface area (Å²) in [6, 6.07) is 15.4. The van der Waals surface area contributed by atoms with Gasteiger partial charge in [0.25, 0.3) is 5.91 Å². The zero-order chi connectivity index (χ0) is 15.4. The number of rotatable bonds is 4. The molecule has 0 saturated carbocycles. The van der Waals surface area contributed by atoms with Gasteiger partial charge >= 0.3 is 0 Å². The van der Waals surface area contributed by atoms with E-state index >= 15 is 0 Å². The smallest absolute Gasteiger partial charge is 0.251 e. The fraction of sp³-hybridized carbons (Fsp3) is 0.278. The number of carbonyl (C=O) groups excluding carboxylic acids is 1. The van der Waals surface area contributed by atoms with Crippen LogP contribution in [-0.2, 0) is 6.42 Å². The molecule has 2 aromatic rings. The molecule has 1 atom stereocenters. The average Bonchev–Trinajstić information content (AvgIpc) is 2.59. The van der Waals surface area contributed by atoms with Crippen LogP contribution in [0.5, 0.6) is 11.5 Å². The van der Waals surface area contributed by atoms with Crippen LogP contribution in [0, 0.1) is 0 Å². The molecule has 0 aliphatic carbocycles. The maximum absolute atomic E-state index is 11.9. The molecule has 0 radical (unpaired) electrons. The molecule has 1 N–H and O–H groups in total. The summed E-state index contributed by atoms with van der Waals surface area (Å²) >= 11 is 0. The third kappa shape index (κ3) is 3.06. The van der Waals surface area contributed by atoms with E-state index in [2.05, 4.69) is 5.32 Å². The van der Waals surface area contributed by atoms with E-state index in [1.807, 2.05) is 48.5 Å². The van der Waals surface area contributed by atoms with E-state index < -0.39 is 0 Å². The Morgan fingerprint density at radius 2 is 1.86 bits per heavy atom. The maximum atomic E-state index is 11.9. The van der Waals surface area contributed by atoms with Gasteiger partial charge in [-0.1, -0.05) is 30.3 Å². The molecular formula is C18H19NO3. The minimum Gasteiger partial charge on any atom is -0.486 e. The summed E-state index contributed by atoms with van der Waals surface area (Å²) in [5.41, 5.74) is 1.76. The Morgan fingerprint density at radius 3 is 2.68 bits per heavy atom. The second-order valence-corrected chi connectivity index (χ2v) is 5.27. The second kappa shape index (κ2) is 6.52. The molecule has 4 heteroatoms. The van der Waals surface area contributed by atoms with Gasteiger partial charge in [-0.25, -0.2) is 0 Å².